The molecule has 20 nitrogen and oxygen atoms in total. The van der Waals surface area contributed by atoms with E-state index in [4.69, 9.17) is 34.2 Å². The van der Waals surface area contributed by atoms with Gasteiger partial charge in [-0.1, -0.05) is 52.3 Å². The van der Waals surface area contributed by atoms with E-state index < -0.39 is 48.8 Å². The topological polar surface area (TPSA) is 209 Å². The minimum atomic E-state index is -4.20. The molecule has 0 spiro atoms. The highest BCUT2D eigenvalue weighted by Gasteiger charge is 2.52. The molecule has 6 N–H and O–H groups in total. The number of aromatic nitrogens is 3. The van der Waals surface area contributed by atoms with Gasteiger partial charge in [-0.3, -0.25) is 0 Å². The normalized spacial score (nSPS) is 18.7. The quantitative estimate of drug-likeness (QED) is 0.0321. The third kappa shape index (κ3) is 26.8. The number of benzene rings is 2. The molecule has 9 heterocycles. The molecule has 6 saturated heterocycles. The summed E-state index contributed by atoms with van der Waals surface area (Å²) >= 11 is 4.43. The summed E-state index contributed by atoms with van der Waals surface area (Å²) in [5.74, 6) is 4.18. The van der Waals surface area contributed by atoms with E-state index in [0.717, 1.165) is 152 Å². The number of nitrogens with zero attached hydrogens (tertiary/aromatic N) is 8. The minimum absolute atomic E-state index is 0. The Morgan fingerprint density at radius 2 is 1.03 bits per heavy atom. The zero-order valence-corrected chi connectivity index (χ0v) is 64.6. The summed E-state index contributed by atoms with van der Waals surface area (Å²) in [6, 6.07) is 24.0. The molecule has 550 valence electrons. The fourth-order valence-electron chi connectivity index (χ4n) is 11.4. The number of hydrogen-bond acceptors (Lipinski definition) is 16. The molecule has 11 rings (SSSR count). The first kappa shape index (κ1) is 84.4. The number of nitrogens with two attached hydrogens (primary N) is 1. The predicted molar refractivity (Wildman–Crippen MR) is 417 cm³/mol. The van der Waals surface area contributed by atoms with Crippen molar-refractivity contribution in [3.05, 3.63) is 97.0 Å². The van der Waals surface area contributed by atoms with Crippen molar-refractivity contribution in [2.75, 3.05) is 141 Å². The standard InChI is InChI=1S/C26H37N5O2.C20H28BF3N2O3.C12H18IN3O.C9H10FIN2O.C3H9N.CH4.H2S/c1-5-20-8-9-31(17-20)26(32)28-22-7-6-19(4)23(16-22)21-14-24(27-18(2)3)29-25(15-21)30-10-12-33-13-11-30;1-13-6-7-15(10-16(13)21-28-18(2,3)19(4,5)29-21)25-17(27)26-9-8-14(12-26)11-20(22,23)24;1-9(2)14-11-7-10(13)8-12(15-11)16-3-5-17-6-4-16;10-8-5-7(11)6-9(12-8)13-1-3-14-4-2-13;1-3(2)4;;/h6-7,14-16,18,20H,5,8-13,17H2,1-4H3,(H,27,29)(H,28,32);6-7,10,14H,8-9,11-12H2,1-5H3,(H,25,27);7-9H,3-6H2,1-2H3,(H,14,15);5-6H,1-4H2;3H,4H2,1-2H3;1H4;1H2/t20-;14-;;;;;/m10...../s1. The molecule has 0 unspecified atom stereocenters. The van der Waals surface area contributed by atoms with E-state index in [-0.39, 0.29) is 39.5 Å². The van der Waals surface area contributed by atoms with Crippen LogP contribution in [0.3, 0.4) is 0 Å². The van der Waals surface area contributed by atoms with Crippen LogP contribution < -0.4 is 47.2 Å². The third-order valence-electron chi connectivity index (χ3n) is 17.3. The molecular formula is C71H108BF4I2N13O7S. The van der Waals surface area contributed by atoms with Crippen molar-refractivity contribution in [1.82, 2.24) is 24.8 Å². The zero-order chi connectivity index (χ0) is 70.8. The van der Waals surface area contributed by atoms with Crippen molar-refractivity contribution in [2.45, 2.75) is 159 Å². The molecule has 0 aliphatic carbocycles. The van der Waals surface area contributed by atoms with Gasteiger partial charge in [0.25, 0.3) is 0 Å². The van der Waals surface area contributed by atoms with Crippen LogP contribution in [0.5, 0.6) is 0 Å². The first-order chi connectivity index (χ1) is 45.8. The van der Waals surface area contributed by atoms with Gasteiger partial charge < -0.3 is 75.0 Å². The molecule has 0 saturated carbocycles. The number of amides is 4. The van der Waals surface area contributed by atoms with E-state index in [1.54, 1.807) is 12.1 Å². The SMILES string of the molecule is C.CC(C)N.CC(C)Nc1cc(I)cc(N2CCOCC2)n1.CC[C@@H]1CCN(C(=O)Nc2ccc(C)c(-c3cc(NC(C)C)nc(N4CCOCC4)c3)c2)C1.Cc1ccc(NC(=O)N2CC[C@@H](CC(F)(F)F)C2)cc1B1OC(C)(C)C(C)(C)O1.Fc1cc(I)cc(N2CCOCC2)n1.S. The first-order valence-corrected chi connectivity index (χ1v) is 36.0. The Kier molecular flexibility index (Phi) is 33.6. The second-order valence-electron chi connectivity index (χ2n) is 27.2. The summed E-state index contributed by atoms with van der Waals surface area (Å²) in [6.07, 6.45) is -2.48. The summed E-state index contributed by atoms with van der Waals surface area (Å²) in [7, 11) is -0.556. The summed E-state index contributed by atoms with van der Waals surface area (Å²) in [4.78, 5) is 48.7. The number of nitrogens with one attached hydrogen (secondary N) is 4. The molecule has 6 aliphatic heterocycles. The number of likely N-dealkylation sites (tertiary alicyclic amines) is 2. The van der Waals surface area contributed by atoms with E-state index in [1.807, 2.05) is 76.5 Å². The molecule has 28 heteroatoms. The van der Waals surface area contributed by atoms with E-state index in [9.17, 15) is 27.2 Å². The number of aryl methyl sites for hydroxylation is 2. The summed E-state index contributed by atoms with van der Waals surface area (Å²) < 4.78 is 81.1. The van der Waals surface area contributed by atoms with Gasteiger partial charge in [0.15, 0.2) is 0 Å². The summed E-state index contributed by atoms with van der Waals surface area (Å²) in [6.45, 7) is 38.1. The van der Waals surface area contributed by atoms with E-state index in [0.29, 0.717) is 55.7 Å². The number of alkyl halides is 3. The Morgan fingerprint density at radius 3 is 1.47 bits per heavy atom. The van der Waals surface area contributed by atoms with Gasteiger partial charge in [-0.15, -0.1) is 0 Å². The summed E-state index contributed by atoms with van der Waals surface area (Å²) in [5, 5.41) is 12.7. The average Bonchev–Trinajstić information content (AvgIpc) is 1.65. The van der Waals surface area contributed by atoms with Crippen LogP contribution in [0.25, 0.3) is 11.1 Å². The molecule has 6 aliphatic rings. The zero-order valence-electron chi connectivity index (χ0n) is 59.3. The first-order valence-electron chi connectivity index (χ1n) is 33.9. The lowest BCUT2D eigenvalue weighted by Crippen LogP contribution is -2.41. The lowest BCUT2D eigenvalue weighted by molar-refractivity contribution is -0.143. The second-order valence-corrected chi connectivity index (χ2v) is 29.7. The number of carbonyl (C=O) groups excluding carboxylic acids is 2. The summed E-state index contributed by atoms with van der Waals surface area (Å²) in [5.41, 5.74) is 10.7. The van der Waals surface area contributed by atoms with Gasteiger partial charge in [0.05, 0.1) is 50.8 Å². The van der Waals surface area contributed by atoms with Gasteiger partial charge in [-0.25, -0.2) is 24.5 Å². The van der Waals surface area contributed by atoms with Crippen LogP contribution >= 0.6 is 58.7 Å². The Bertz CT molecular complexity index is 3310. The molecule has 0 radical (unpaired) electrons. The van der Waals surface area contributed by atoms with Crippen LogP contribution in [0.15, 0.2) is 72.8 Å². The van der Waals surface area contributed by atoms with E-state index in [2.05, 4.69) is 164 Å². The Balaban J connectivity index is 0.000000243. The lowest BCUT2D eigenvalue weighted by Gasteiger charge is -2.32. The Morgan fingerprint density at radius 1 is 0.616 bits per heavy atom. The van der Waals surface area contributed by atoms with Crippen molar-refractivity contribution < 1.29 is 50.7 Å². The third-order valence-corrected chi connectivity index (χ3v) is 18.5. The maximum atomic E-state index is 13.0. The monoisotopic (exact) mass is 1630 g/mol. The number of ether oxygens (including phenoxy) is 3. The number of urea groups is 2. The van der Waals surface area contributed by atoms with Crippen LogP contribution in [-0.2, 0) is 23.5 Å². The molecule has 4 amide bonds. The number of carbonyl (C=O) groups is 2. The molecule has 0 bridgehead atoms. The van der Waals surface area contributed by atoms with Crippen LogP contribution in [-0.4, -0.2) is 185 Å². The van der Waals surface area contributed by atoms with Crippen molar-refractivity contribution in [3.8, 4) is 11.1 Å². The number of pyridine rings is 3. The highest BCUT2D eigenvalue weighted by molar-refractivity contribution is 14.1. The second kappa shape index (κ2) is 39.4. The van der Waals surface area contributed by atoms with Crippen LogP contribution in [0, 0.1) is 38.8 Å². The largest absolute Gasteiger partial charge is 0.495 e. The number of hydrogen-bond donors (Lipinski definition) is 5. The van der Waals surface area contributed by atoms with Crippen LogP contribution in [0.1, 0.15) is 120 Å². The number of halogens is 6. The lowest BCUT2D eigenvalue weighted by atomic mass is 9.76. The number of rotatable bonds is 13. The maximum Gasteiger partial charge on any atom is 0.495 e. The van der Waals surface area contributed by atoms with Gasteiger partial charge in [0.2, 0.25) is 5.95 Å². The van der Waals surface area contributed by atoms with Crippen molar-refractivity contribution in [1.29, 1.82) is 0 Å². The highest BCUT2D eigenvalue weighted by atomic mass is 127. The number of morpholine rings is 3. The fourth-order valence-corrected chi connectivity index (χ4v) is 12.5. The minimum Gasteiger partial charge on any atom is -0.399 e. The average molecular weight is 1630 g/mol. The molecule has 2 aromatic carbocycles. The van der Waals surface area contributed by atoms with E-state index in [1.165, 1.54) is 14.5 Å². The predicted octanol–water partition coefficient (Wildman–Crippen LogP) is 14.2. The Labute approximate surface area is 620 Å². The number of anilines is 7. The van der Waals surface area contributed by atoms with Gasteiger partial charge in [0, 0.05) is 109 Å². The molecule has 6 fully saturated rings. The molecule has 2 atom stereocenters. The fraction of sp³-hybridized carbons (Fsp3) is 0.592. The van der Waals surface area contributed by atoms with Crippen LogP contribution in [0.4, 0.5) is 67.6 Å². The molecule has 99 heavy (non-hydrogen) atoms. The smallest absolute Gasteiger partial charge is 0.399 e. The van der Waals surface area contributed by atoms with Crippen molar-refractivity contribution >= 4 is 124 Å². The van der Waals surface area contributed by atoms with Gasteiger partial charge in [-0.05, 0) is 222 Å². The van der Waals surface area contributed by atoms with Crippen molar-refractivity contribution in [3.63, 3.8) is 0 Å². The van der Waals surface area contributed by atoms with Crippen molar-refractivity contribution in [2.24, 2.45) is 17.6 Å². The molecular weight excluding hydrogens is 1520 g/mol. The maximum absolute atomic E-state index is 13.0. The molecule has 5 aromatic rings. The Hall–Kier alpha value is -5.22. The van der Waals surface area contributed by atoms with Crippen LogP contribution in [0.2, 0.25) is 0 Å². The van der Waals surface area contributed by atoms with Gasteiger partial charge >= 0.3 is 25.4 Å². The van der Waals surface area contributed by atoms with E-state index >= 15 is 0 Å². The molecule has 3 aromatic heterocycles. The highest BCUT2D eigenvalue weighted by Crippen LogP contribution is 2.38. The van der Waals surface area contributed by atoms with Gasteiger partial charge in [-0.2, -0.15) is 31.1 Å². The van der Waals surface area contributed by atoms with Gasteiger partial charge in [0.1, 0.15) is 29.1 Å².